The van der Waals surface area contributed by atoms with Crippen LogP contribution in [-0.4, -0.2) is 26.3 Å². The summed E-state index contributed by atoms with van der Waals surface area (Å²) in [4.78, 5) is 21.5. The van der Waals surface area contributed by atoms with Gasteiger partial charge in [-0.3, -0.25) is 9.48 Å². The van der Waals surface area contributed by atoms with Crippen molar-refractivity contribution in [2.75, 3.05) is 0 Å². The van der Waals surface area contributed by atoms with E-state index in [0.717, 1.165) is 25.1 Å². The number of Topliss-reactive ketones (excluding diaryl/α,β-unsaturated/α-hetero) is 1. The predicted octanol–water partition coefficient (Wildman–Crippen LogP) is 1.37. The highest BCUT2D eigenvalue weighted by molar-refractivity contribution is 7.40. The van der Waals surface area contributed by atoms with Crippen molar-refractivity contribution in [2.24, 2.45) is 0 Å². The van der Waals surface area contributed by atoms with Gasteiger partial charge in [-0.1, -0.05) is 14.5 Å². The lowest BCUT2D eigenvalue weighted by molar-refractivity contribution is -0.117. The molecule has 1 aromatic rings. The number of unbranched alkanes of at least 4 members (excludes halogenated alkanes) is 1. The summed E-state index contributed by atoms with van der Waals surface area (Å²) >= 11 is 0. The summed E-state index contributed by atoms with van der Waals surface area (Å²) in [7, 11) is 2.15. The summed E-state index contributed by atoms with van der Waals surface area (Å²) in [5, 5.41) is 7.96. The molecule has 17 heavy (non-hydrogen) atoms. The molecule has 0 aliphatic carbocycles. The minimum atomic E-state index is 0.0843. The van der Waals surface area contributed by atoms with Crippen molar-refractivity contribution in [3.8, 4) is 0 Å². The van der Waals surface area contributed by atoms with Gasteiger partial charge in [-0.05, 0) is 19.8 Å². The Bertz CT molecular complexity index is 390. The van der Waals surface area contributed by atoms with E-state index in [1.165, 1.54) is 0 Å². The lowest BCUT2D eigenvalue weighted by atomic mass is 10.2. The largest absolute Gasteiger partial charge is 0.300 e. The van der Waals surface area contributed by atoms with Crippen LogP contribution in [0.5, 0.6) is 0 Å². The Labute approximate surface area is 103 Å². The zero-order valence-electron chi connectivity index (χ0n) is 10.1. The monoisotopic (exact) mass is 255 g/mol. The molecule has 0 bridgehead atoms. The second-order valence-electron chi connectivity index (χ2n) is 4.10. The molecule has 1 rings (SSSR count). The van der Waals surface area contributed by atoms with E-state index in [1.54, 1.807) is 11.6 Å². The zero-order chi connectivity index (χ0) is 12.7. The highest BCUT2D eigenvalue weighted by Crippen LogP contribution is 2.04. The first-order valence-corrected chi connectivity index (χ1v) is 6.32. The number of carbonyl (C=O) groups excluding carboxylic acids is 2. The first kappa shape index (κ1) is 14.0. The van der Waals surface area contributed by atoms with Gasteiger partial charge in [0.25, 0.3) is 0 Å². The summed E-state index contributed by atoms with van der Waals surface area (Å²) in [6, 6.07) is 0. The van der Waals surface area contributed by atoms with Gasteiger partial charge in [0.15, 0.2) is 0 Å². The molecule has 1 aromatic heterocycles. The first-order chi connectivity index (χ1) is 8.08. The standard InChI is InChI=1S/C11H18N3O2P/c1-9(15)4-2-3-7-14-8-10(12-13-14)5-6-11(16)17/h8H,2-7,17H2,1H3. The van der Waals surface area contributed by atoms with Crippen LogP contribution in [0.1, 0.15) is 38.3 Å². The third-order valence-corrected chi connectivity index (χ3v) is 2.67. The van der Waals surface area contributed by atoms with Crippen LogP contribution >= 0.6 is 9.24 Å². The topological polar surface area (TPSA) is 64.8 Å². The van der Waals surface area contributed by atoms with Crippen molar-refractivity contribution >= 4 is 20.5 Å². The van der Waals surface area contributed by atoms with Crippen LogP contribution < -0.4 is 0 Å². The van der Waals surface area contributed by atoms with E-state index >= 15 is 0 Å². The van der Waals surface area contributed by atoms with Gasteiger partial charge in [0, 0.05) is 32.0 Å². The number of hydrogen-bond donors (Lipinski definition) is 0. The molecule has 0 spiro atoms. The number of ketones is 1. The number of aromatic nitrogens is 3. The summed E-state index contributed by atoms with van der Waals surface area (Å²) in [6.07, 6.45) is 5.41. The Morgan fingerprint density at radius 2 is 2.12 bits per heavy atom. The summed E-state index contributed by atoms with van der Waals surface area (Å²) in [5.41, 5.74) is 0.924. The maximum Gasteiger partial charge on any atom is 0.148 e. The fourth-order valence-corrected chi connectivity index (χ4v) is 1.61. The molecule has 1 unspecified atom stereocenters. The van der Waals surface area contributed by atoms with Crippen molar-refractivity contribution in [3.63, 3.8) is 0 Å². The molecule has 0 N–H and O–H groups in total. The number of hydrogen-bond acceptors (Lipinski definition) is 4. The lowest BCUT2D eigenvalue weighted by Gasteiger charge is -1.98. The molecule has 1 heterocycles. The first-order valence-electron chi connectivity index (χ1n) is 5.74. The van der Waals surface area contributed by atoms with Gasteiger partial charge in [0.1, 0.15) is 11.3 Å². The summed E-state index contributed by atoms with van der Waals surface area (Å²) in [5.74, 6) is 0.225. The second kappa shape index (κ2) is 7.28. The molecule has 0 amide bonds. The van der Waals surface area contributed by atoms with Gasteiger partial charge in [-0.15, -0.1) is 5.10 Å². The average molecular weight is 255 g/mol. The quantitative estimate of drug-likeness (QED) is 0.520. The van der Waals surface area contributed by atoms with E-state index in [2.05, 4.69) is 19.6 Å². The van der Waals surface area contributed by atoms with Crippen molar-refractivity contribution in [1.82, 2.24) is 15.0 Å². The molecule has 0 aliphatic heterocycles. The van der Waals surface area contributed by atoms with Crippen LogP contribution in [0.15, 0.2) is 6.20 Å². The Morgan fingerprint density at radius 3 is 2.76 bits per heavy atom. The fourth-order valence-electron chi connectivity index (χ4n) is 1.46. The highest BCUT2D eigenvalue weighted by Gasteiger charge is 2.02. The van der Waals surface area contributed by atoms with E-state index in [9.17, 15) is 9.59 Å². The van der Waals surface area contributed by atoms with Crippen LogP contribution in [0.4, 0.5) is 0 Å². The molecule has 0 fully saturated rings. The molecule has 0 saturated heterocycles. The van der Waals surface area contributed by atoms with Crippen molar-refractivity contribution in [1.29, 1.82) is 0 Å². The average Bonchev–Trinajstić information content (AvgIpc) is 2.69. The minimum Gasteiger partial charge on any atom is -0.300 e. The van der Waals surface area contributed by atoms with Gasteiger partial charge in [0.05, 0.1) is 5.69 Å². The Kier molecular flexibility index (Phi) is 5.98. The molecule has 0 aliphatic rings. The summed E-state index contributed by atoms with van der Waals surface area (Å²) in [6.45, 7) is 2.38. The van der Waals surface area contributed by atoms with Gasteiger partial charge >= 0.3 is 0 Å². The Balaban J connectivity index is 2.25. The van der Waals surface area contributed by atoms with Crippen molar-refractivity contribution in [3.05, 3.63) is 11.9 Å². The number of carbonyl (C=O) groups is 2. The molecule has 0 radical (unpaired) electrons. The van der Waals surface area contributed by atoms with Crippen molar-refractivity contribution in [2.45, 2.75) is 45.6 Å². The van der Waals surface area contributed by atoms with Crippen LogP contribution in [0, 0.1) is 0 Å². The van der Waals surface area contributed by atoms with E-state index < -0.39 is 0 Å². The van der Waals surface area contributed by atoms with Crippen LogP contribution in [0.2, 0.25) is 0 Å². The fraction of sp³-hybridized carbons (Fsp3) is 0.636. The minimum absolute atomic E-state index is 0.0843. The van der Waals surface area contributed by atoms with Gasteiger partial charge in [-0.2, -0.15) is 0 Å². The van der Waals surface area contributed by atoms with Crippen LogP contribution in [-0.2, 0) is 22.6 Å². The smallest absolute Gasteiger partial charge is 0.148 e. The van der Waals surface area contributed by atoms with E-state index in [0.29, 0.717) is 19.3 Å². The molecule has 0 saturated carbocycles. The Hall–Kier alpha value is -1.09. The van der Waals surface area contributed by atoms with Gasteiger partial charge in [0.2, 0.25) is 0 Å². The van der Waals surface area contributed by atoms with E-state index in [1.807, 2.05) is 6.20 Å². The number of nitrogens with zero attached hydrogens (tertiary/aromatic N) is 3. The van der Waals surface area contributed by atoms with Gasteiger partial charge in [-0.25, -0.2) is 0 Å². The Morgan fingerprint density at radius 1 is 1.35 bits per heavy atom. The molecule has 94 valence electrons. The lowest BCUT2D eigenvalue weighted by Crippen LogP contribution is -2.00. The maximum atomic E-state index is 10.8. The van der Waals surface area contributed by atoms with Crippen LogP contribution in [0.25, 0.3) is 0 Å². The highest BCUT2D eigenvalue weighted by atomic mass is 31.0. The van der Waals surface area contributed by atoms with Crippen LogP contribution in [0.3, 0.4) is 0 Å². The molecular weight excluding hydrogens is 237 g/mol. The molecular formula is C11H18N3O2P. The molecule has 6 heteroatoms. The maximum absolute atomic E-state index is 10.8. The van der Waals surface area contributed by atoms with E-state index in [-0.39, 0.29) is 11.3 Å². The third kappa shape index (κ3) is 6.27. The third-order valence-electron chi connectivity index (χ3n) is 2.38. The number of rotatable bonds is 8. The van der Waals surface area contributed by atoms with Crippen molar-refractivity contribution < 1.29 is 9.59 Å². The summed E-state index contributed by atoms with van der Waals surface area (Å²) < 4.78 is 1.77. The molecule has 5 nitrogen and oxygen atoms in total. The molecule has 1 atom stereocenters. The predicted molar refractivity (Wildman–Crippen MR) is 67.6 cm³/mol. The van der Waals surface area contributed by atoms with Gasteiger partial charge < -0.3 is 4.79 Å². The second-order valence-corrected chi connectivity index (χ2v) is 4.74. The SMILES string of the molecule is CC(=O)CCCCn1cc(CCC(=O)P)nn1. The number of aryl methyl sites for hydroxylation is 2. The zero-order valence-corrected chi connectivity index (χ0v) is 11.2. The molecule has 0 aromatic carbocycles. The normalized spacial score (nSPS) is 10.5. The van der Waals surface area contributed by atoms with E-state index in [4.69, 9.17) is 0 Å².